The lowest BCUT2D eigenvalue weighted by Crippen LogP contribution is -2.30. The second kappa shape index (κ2) is 7.85. The molecular formula is C34H25N3. The van der Waals surface area contributed by atoms with Crippen LogP contribution in [0.1, 0.15) is 30.5 Å². The van der Waals surface area contributed by atoms with Gasteiger partial charge in [-0.15, -0.1) is 0 Å². The van der Waals surface area contributed by atoms with Crippen LogP contribution in [0.25, 0.3) is 27.5 Å². The molecule has 0 amide bonds. The summed E-state index contributed by atoms with van der Waals surface area (Å²) in [4.78, 5) is 2.31. The molecule has 1 aliphatic heterocycles. The fraction of sp³-hybridized carbons (Fsp3) is 0.0882. The van der Waals surface area contributed by atoms with E-state index in [0.29, 0.717) is 5.56 Å². The molecule has 1 aliphatic rings. The van der Waals surface area contributed by atoms with Crippen molar-refractivity contribution in [2.75, 3.05) is 4.90 Å². The van der Waals surface area contributed by atoms with Crippen molar-refractivity contribution < 1.29 is 0 Å². The Balaban J connectivity index is 1.54. The monoisotopic (exact) mass is 475 g/mol. The van der Waals surface area contributed by atoms with Gasteiger partial charge in [0.1, 0.15) is 0 Å². The number of hydrogen-bond donors (Lipinski definition) is 0. The second-order valence-corrected chi connectivity index (χ2v) is 10.2. The smallest absolute Gasteiger partial charge is 0.0993 e. The highest BCUT2D eigenvalue weighted by Crippen LogP contribution is 2.52. The van der Waals surface area contributed by atoms with Crippen molar-refractivity contribution in [2.24, 2.45) is 0 Å². The molecule has 0 saturated heterocycles. The molecule has 0 fully saturated rings. The van der Waals surface area contributed by atoms with Gasteiger partial charge >= 0.3 is 0 Å². The van der Waals surface area contributed by atoms with Crippen LogP contribution in [0.3, 0.4) is 0 Å². The molecule has 0 atom stereocenters. The first kappa shape index (κ1) is 21.5. The first-order valence-corrected chi connectivity index (χ1v) is 12.6. The minimum absolute atomic E-state index is 0.133. The first-order chi connectivity index (χ1) is 18.1. The number of aromatic nitrogens is 1. The van der Waals surface area contributed by atoms with E-state index in [1.54, 1.807) is 0 Å². The topological polar surface area (TPSA) is 32.0 Å². The number of fused-ring (bicyclic) bond motifs is 5. The molecule has 5 aromatic carbocycles. The van der Waals surface area contributed by atoms with Crippen molar-refractivity contribution in [3.63, 3.8) is 0 Å². The molecule has 176 valence electrons. The highest BCUT2D eigenvalue weighted by molar-refractivity contribution is 6.09. The zero-order valence-corrected chi connectivity index (χ0v) is 20.8. The molecule has 3 heteroatoms. The lowest BCUT2D eigenvalue weighted by Gasteiger charge is -2.42. The standard InChI is InChI=1S/C34H25N3/c1-34(2)28-13-5-9-17-32(28)37(33-18-10-6-14-29(33)34)25-20-23(22-35)19-24(21-25)36-30-15-7-3-11-26(30)27-12-4-8-16-31(27)36/h3-21H,1-2H3. The number of rotatable bonds is 2. The predicted molar refractivity (Wildman–Crippen MR) is 152 cm³/mol. The minimum Gasteiger partial charge on any atom is -0.310 e. The Labute approximate surface area is 216 Å². The van der Waals surface area contributed by atoms with Crippen LogP contribution in [0, 0.1) is 11.3 Å². The van der Waals surface area contributed by atoms with Crippen molar-refractivity contribution in [3.8, 4) is 11.8 Å². The Morgan fingerprint density at radius 2 is 1.08 bits per heavy atom. The number of benzene rings is 5. The lowest BCUT2D eigenvalue weighted by atomic mass is 9.73. The van der Waals surface area contributed by atoms with E-state index in [1.807, 2.05) is 12.1 Å². The third kappa shape index (κ3) is 3.06. The van der Waals surface area contributed by atoms with E-state index in [1.165, 1.54) is 21.9 Å². The molecule has 2 heterocycles. The summed E-state index contributed by atoms with van der Waals surface area (Å²) in [7, 11) is 0. The summed E-state index contributed by atoms with van der Waals surface area (Å²) in [6.45, 7) is 4.58. The summed E-state index contributed by atoms with van der Waals surface area (Å²) in [5, 5.41) is 12.5. The summed E-state index contributed by atoms with van der Waals surface area (Å²) >= 11 is 0. The maximum absolute atomic E-state index is 10.1. The van der Waals surface area contributed by atoms with Gasteiger partial charge < -0.3 is 9.47 Å². The average molecular weight is 476 g/mol. The zero-order valence-electron chi connectivity index (χ0n) is 20.8. The van der Waals surface area contributed by atoms with E-state index in [-0.39, 0.29) is 5.41 Å². The van der Waals surface area contributed by atoms with Gasteiger partial charge in [-0.05, 0) is 53.6 Å². The summed E-state index contributed by atoms with van der Waals surface area (Å²) < 4.78 is 2.28. The van der Waals surface area contributed by atoms with Crippen molar-refractivity contribution >= 4 is 38.9 Å². The predicted octanol–water partition coefficient (Wildman–Crippen LogP) is 8.76. The van der Waals surface area contributed by atoms with E-state index in [2.05, 4.69) is 133 Å². The second-order valence-electron chi connectivity index (χ2n) is 10.2. The molecule has 0 spiro atoms. The maximum atomic E-state index is 10.1. The minimum atomic E-state index is -0.133. The van der Waals surface area contributed by atoms with Crippen LogP contribution in [0.5, 0.6) is 0 Å². The quantitative estimate of drug-likeness (QED) is 0.251. The molecule has 0 N–H and O–H groups in total. The van der Waals surface area contributed by atoms with Crippen LogP contribution in [0.4, 0.5) is 17.1 Å². The van der Waals surface area contributed by atoms with Crippen molar-refractivity contribution in [3.05, 3.63) is 132 Å². The number of nitriles is 1. The lowest BCUT2D eigenvalue weighted by molar-refractivity contribution is 0.632. The zero-order chi connectivity index (χ0) is 25.1. The third-order valence-electron chi connectivity index (χ3n) is 7.76. The van der Waals surface area contributed by atoms with E-state index < -0.39 is 0 Å². The molecule has 0 radical (unpaired) electrons. The van der Waals surface area contributed by atoms with E-state index in [4.69, 9.17) is 0 Å². The fourth-order valence-electron chi connectivity index (χ4n) is 6.07. The molecule has 7 rings (SSSR count). The summed E-state index contributed by atoms with van der Waals surface area (Å²) in [6.07, 6.45) is 0. The molecule has 6 aromatic rings. The van der Waals surface area contributed by atoms with E-state index in [9.17, 15) is 5.26 Å². The van der Waals surface area contributed by atoms with Gasteiger partial charge in [-0.3, -0.25) is 0 Å². The van der Waals surface area contributed by atoms with Crippen LogP contribution in [-0.4, -0.2) is 4.57 Å². The summed E-state index contributed by atoms with van der Waals surface area (Å²) in [5.41, 5.74) is 9.56. The Kier molecular flexibility index (Phi) is 4.55. The van der Waals surface area contributed by atoms with Crippen LogP contribution < -0.4 is 4.90 Å². The van der Waals surface area contributed by atoms with Gasteiger partial charge in [0, 0.05) is 27.6 Å². The van der Waals surface area contributed by atoms with Crippen molar-refractivity contribution in [1.82, 2.24) is 4.57 Å². The first-order valence-electron chi connectivity index (χ1n) is 12.6. The van der Waals surface area contributed by atoms with Crippen LogP contribution in [-0.2, 0) is 5.41 Å². The summed E-state index contributed by atoms with van der Waals surface area (Å²) in [5.74, 6) is 0. The molecule has 1 aromatic heterocycles. The van der Waals surface area contributed by atoms with Gasteiger partial charge in [0.05, 0.1) is 34.0 Å². The molecular weight excluding hydrogens is 450 g/mol. The number of hydrogen-bond acceptors (Lipinski definition) is 2. The van der Waals surface area contributed by atoms with E-state index in [0.717, 1.165) is 33.8 Å². The highest BCUT2D eigenvalue weighted by atomic mass is 15.2. The third-order valence-corrected chi connectivity index (χ3v) is 7.76. The van der Waals surface area contributed by atoms with Crippen LogP contribution in [0.15, 0.2) is 115 Å². The van der Waals surface area contributed by atoms with Crippen LogP contribution in [0.2, 0.25) is 0 Å². The van der Waals surface area contributed by atoms with Crippen molar-refractivity contribution in [1.29, 1.82) is 5.26 Å². The van der Waals surface area contributed by atoms with Gasteiger partial charge in [0.2, 0.25) is 0 Å². The largest absolute Gasteiger partial charge is 0.310 e. The van der Waals surface area contributed by atoms with Crippen LogP contribution >= 0.6 is 0 Å². The molecule has 37 heavy (non-hydrogen) atoms. The number of anilines is 3. The number of para-hydroxylation sites is 4. The Hall–Kier alpha value is -4.81. The van der Waals surface area contributed by atoms with Crippen molar-refractivity contribution in [2.45, 2.75) is 19.3 Å². The Bertz CT molecular complexity index is 1780. The van der Waals surface area contributed by atoms with E-state index >= 15 is 0 Å². The highest BCUT2D eigenvalue weighted by Gasteiger charge is 2.36. The van der Waals surface area contributed by atoms with Gasteiger partial charge in [-0.2, -0.15) is 5.26 Å². The normalized spacial score (nSPS) is 13.8. The average Bonchev–Trinajstić information content (AvgIpc) is 3.28. The number of nitrogens with zero attached hydrogens (tertiary/aromatic N) is 3. The molecule has 0 saturated carbocycles. The van der Waals surface area contributed by atoms with Gasteiger partial charge in [0.25, 0.3) is 0 Å². The van der Waals surface area contributed by atoms with Gasteiger partial charge in [-0.25, -0.2) is 0 Å². The molecule has 0 unspecified atom stereocenters. The van der Waals surface area contributed by atoms with Gasteiger partial charge in [-0.1, -0.05) is 86.6 Å². The molecule has 0 bridgehead atoms. The molecule has 0 aliphatic carbocycles. The molecule has 3 nitrogen and oxygen atoms in total. The summed E-state index contributed by atoms with van der Waals surface area (Å²) in [6, 6.07) is 42.8. The maximum Gasteiger partial charge on any atom is 0.0993 e. The Morgan fingerprint density at radius 3 is 1.65 bits per heavy atom. The Morgan fingerprint density at radius 1 is 0.595 bits per heavy atom. The SMILES string of the molecule is CC1(C)c2ccccc2N(c2cc(C#N)cc(-n3c4ccccc4c4ccccc43)c2)c2ccccc21. The van der Waals surface area contributed by atoms with Gasteiger partial charge in [0.15, 0.2) is 0 Å². The fourth-order valence-corrected chi connectivity index (χ4v) is 6.07.